The van der Waals surface area contributed by atoms with E-state index in [0.717, 1.165) is 4.47 Å². The fourth-order valence-corrected chi connectivity index (χ4v) is 2.90. The van der Waals surface area contributed by atoms with E-state index in [-0.39, 0.29) is 17.1 Å². The van der Waals surface area contributed by atoms with Gasteiger partial charge in [0.2, 0.25) is 0 Å². The van der Waals surface area contributed by atoms with Crippen LogP contribution in [-0.4, -0.2) is 27.8 Å². The predicted octanol–water partition coefficient (Wildman–Crippen LogP) is 4.10. The highest BCUT2D eigenvalue weighted by Crippen LogP contribution is 2.23. The monoisotopic (exact) mass is 487 g/mol. The Hall–Kier alpha value is -3.43. The van der Waals surface area contributed by atoms with Crippen molar-refractivity contribution in [3.63, 3.8) is 0 Å². The van der Waals surface area contributed by atoms with E-state index in [4.69, 9.17) is 22.5 Å². The fourth-order valence-electron chi connectivity index (χ4n) is 2.49. The van der Waals surface area contributed by atoms with Crippen LogP contribution < -0.4 is 16.4 Å². The second kappa shape index (κ2) is 9.38. The smallest absolute Gasteiger partial charge is 0.258 e. The summed E-state index contributed by atoms with van der Waals surface area (Å²) in [4.78, 5) is 29.4. The van der Waals surface area contributed by atoms with Gasteiger partial charge in [-0.25, -0.2) is 4.98 Å². The summed E-state index contributed by atoms with van der Waals surface area (Å²) in [7, 11) is 0. The maximum absolute atomic E-state index is 12.7. The third-order valence-electron chi connectivity index (χ3n) is 3.99. The van der Waals surface area contributed by atoms with Crippen molar-refractivity contribution >= 4 is 56.7 Å². The molecule has 0 unspecified atom stereocenters. The molecule has 8 nitrogen and oxygen atoms in total. The van der Waals surface area contributed by atoms with Crippen molar-refractivity contribution in [2.24, 2.45) is 10.9 Å². The summed E-state index contributed by atoms with van der Waals surface area (Å²) in [6.07, 6.45) is 1.55. The number of carbonyl (C=O) groups excluding carboxylic acids is 2. The number of nitrogens with two attached hydrogens (primary N) is 1. The van der Waals surface area contributed by atoms with Crippen molar-refractivity contribution in [1.82, 2.24) is 4.98 Å². The lowest BCUT2D eigenvalue weighted by atomic mass is 10.1. The largest absolute Gasteiger partial charge is 0.409 e. The van der Waals surface area contributed by atoms with Crippen molar-refractivity contribution in [1.29, 1.82) is 0 Å². The first-order valence-corrected chi connectivity index (χ1v) is 9.66. The van der Waals surface area contributed by atoms with Crippen LogP contribution in [0.25, 0.3) is 0 Å². The number of nitrogens with zero attached hydrogens (tertiary/aromatic N) is 2. The second-order valence-electron chi connectivity index (χ2n) is 6.02. The molecule has 0 aliphatic heterocycles. The number of amidine groups is 1. The van der Waals surface area contributed by atoms with E-state index in [1.807, 2.05) is 0 Å². The molecule has 3 aromatic rings. The molecule has 1 aromatic heterocycles. The van der Waals surface area contributed by atoms with Crippen LogP contribution in [0.5, 0.6) is 0 Å². The Balaban J connectivity index is 1.81. The first kappa shape index (κ1) is 21.3. The molecule has 2 amide bonds. The number of oxime groups is 1. The number of pyridine rings is 1. The number of benzene rings is 2. The van der Waals surface area contributed by atoms with Crippen LogP contribution in [0.15, 0.2) is 70.4 Å². The number of anilines is 2. The lowest BCUT2D eigenvalue weighted by Gasteiger charge is -2.12. The third kappa shape index (κ3) is 5.13. The predicted molar refractivity (Wildman–Crippen MR) is 118 cm³/mol. The second-order valence-corrected chi connectivity index (χ2v) is 7.37. The van der Waals surface area contributed by atoms with Crippen LogP contribution in [0.4, 0.5) is 11.5 Å². The summed E-state index contributed by atoms with van der Waals surface area (Å²) in [6.45, 7) is 0. The molecule has 10 heteroatoms. The van der Waals surface area contributed by atoms with Crippen LogP contribution >= 0.6 is 27.5 Å². The molecule has 152 valence electrons. The lowest BCUT2D eigenvalue weighted by molar-refractivity contribution is 0.102. The minimum absolute atomic E-state index is 0.0693. The molecule has 0 bridgehead atoms. The molecule has 0 aliphatic rings. The molecule has 0 atom stereocenters. The van der Waals surface area contributed by atoms with E-state index in [9.17, 15) is 9.59 Å². The highest BCUT2D eigenvalue weighted by atomic mass is 79.9. The van der Waals surface area contributed by atoms with Gasteiger partial charge in [-0.2, -0.15) is 0 Å². The molecule has 5 N–H and O–H groups in total. The summed E-state index contributed by atoms with van der Waals surface area (Å²) in [6, 6.07) is 14.0. The molecule has 0 radical (unpaired) electrons. The summed E-state index contributed by atoms with van der Waals surface area (Å²) in [5.74, 6) is -0.650. The van der Waals surface area contributed by atoms with Crippen molar-refractivity contribution in [3.05, 3.63) is 87.0 Å². The average molecular weight is 489 g/mol. The van der Waals surface area contributed by atoms with Crippen LogP contribution in [0, 0.1) is 0 Å². The topological polar surface area (TPSA) is 130 Å². The zero-order valence-electron chi connectivity index (χ0n) is 15.3. The van der Waals surface area contributed by atoms with Gasteiger partial charge in [0, 0.05) is 26.8 Å². The van der Waals surface area contributed by atoms with Crippen LogP contribution in [0.3, 0.4) is 0 Å². The highest BCUT2D eigenvalue weighted by Gasteiger charge is 2.16. The quantitative estimate of drug-likeness (QED) is 0.186. The highest BCUT2D eigenvalue weighted by molar-refractivity contribution is 9.10. The van der Waals surface area contributed by atoms with Crippen LogP contribution in [-0.2, 0) is 0 Å². The number of hydrogen-bond acceptors (Lipinski definition) is 5. The van der Waals surface area contributed by atoms with E-state index in [0.29, 0.717) is 22.0 Å². The van der Waals surface area contributed by atoms with Gasteiger partial charge in [0.1, 0.15) is 5.82 Å². The third-order valence-corrected chi connectivity index (χ3v) is 4.70. The zero-order chi connectivity index (χ0) is 21.7. The van der Waals surface area contributed by atoms with E-state index >= 15 is 0 Å². The normalized spacial score (nSPS) is 11.1. The van der Waals surface area contributed by atoms with E-state index < -0.39 is 11.8 Å². The van der Waals surface area contributed by atoms with Gasteiger partial charge in [0.15, 0.2) is 5.84 Å². The summed E-state index contributed by atoms with van der Waals surface area (Å²) in [5, 5.41) is 17.3. The Morgan fingerprint density at radius 3 is 2.33 bits per heavy atom. The van der Waals surface area contributed by atoms with Crippen LogP contribution in [0.1, 0.15) is 26.3 Å². The van der Waals surface area contributed by atoms with Gasteiger partial charge >= 0.3 is 0 Å². The number of halogens is 2. The number of aromatic nitrogens is 1. The maximum atomic E-state index is 12.7. The summed E-state index contributed by atoms with van der Waals surface area (Å²) < 4.78 is 0.772. The number of nitrogens with one attached hydrogen (secondary N) is 2. The zero-order valence-corrected chi connectivity index (χ0v) is 17.6. The van der Waals surface area contributed by atoms with Crippen molar-refractivity contribution < 1.29 is 14.8 Å². The fraction of sp³-hybridized carbons (Fsp3) is 0. The van der Waals surface area contributed by atoms with Crippen molar-refractivity contribution in [2.45, 2.75) is 0 Å². The van der Waals surface area contributed by atoms with Gasteiger partial charge < -0.3 is 21.6 Å². The standard InChI is InChI=1S/C20H15BrClN5O3/c21-13-5-8-17(24-10-13)26-20(29)15-9-14(22)6-7-16(15)25-19(28)12-3-1-11(2-4-12)18(23)27-30/h1-10,30H,(H2,23,27)(H,25,28)(H,24,26,29). The summed E-state index contributed by atoms with van der Waals surface area (Å²) >= 11 is 9.32. The lowest BCUT2D eigenvalue weighted by Crippen LogP contribution is -2.19. The first-order chi connectivity index (χ1) is 14.4. The maximum Gasteiger partial charge on any atom is 0.258 e. The van der Waals surface area contributed by atoms with Crippen LogP contribution in [0.2, 0.25) is 5.02 Å². The van der Waals surface area contributed by atoms with E-state index in [1.165, 1.54) is 24.3 Å². The van der Waals surface area contributed by atoms with Gasteiger partial charge in [-0.05, 0) is 58.4 Å². The van der Waals surface area contributed by atoms with Crippen molar-refractivity contribution in [3.8, 4) is 0 Å². The molecule has 0 saturated carbocycles. The molecule has 0 fully saturated rings. The van der Waals surface area contributed by atoms with Crippen molar-refractivity contribution in [2.75, 3.05) is 10.6 Å². The molecule has 0 saturated heterocycles. The summed E-state index contributed by atoms with van der Waals surface area (Å²) in [5.41, 5.74) is 6.75. The average Bonchev–Trinajstić information content (AvgIpc) is 2.76. The molecule has 1 heterocycles. The molecule has 2 aromatic carbocycles. The van der Waals surface area contributed by atoms with E-state index in [2.05, 4.69) is 36.7 Å². The van der Waals surface area contributed by atoms with Gasteiger partial charge in [0.05, 0.1) is 11.3 Å². The SMILES string of the molecule is N/C(=N/O)c1ccc(C(=O)Nc2ccc(Cl)cc2C(=O)Nc2ccc(Br)cn2)cc1. The number of amides is 2. The van der Waals surface area contributed by atoms with Gasteiger partial charge in [-0.1, -0.05) is 28.9 Å². The molecule has 0 spiro atoms. The number of carbonyl (C=O) groups is 2. The minimum Gasteiger partial charge on any atom is -0.409 e. The Morgan fingerprint density at radius 1 is 1.00 bits per heavy atom. The molecular formula is C20H15BrClN5O3. The first-order valence-electron chi connectivity index (χ1n) is 8.49. The van der Waals surface area contributed by atoms with Gasteiger partial charge in [-0.15, -0.1) is 0 Å². The Kier molecular flexibility index (Phi) is 6.65. The van der Waals surface area contributed by atoms with Gasteiger partial charge in [0.25, 0.3) is 11.8 Å². The van der Waals surface area contributed by atoms with E-state index in [1.54, 1.807) is 36.5 Å². The molecular weight excluding hydrogens is 474 g/mol. The number of hydrogen-bond donors (Lipinski definition) is 4. The molecule has 3 rings (SSSR count). The number of rotatable bonds is 5. The molecule has 30 heavy (non-hydrogen) atoms. The minimum atomic E-state index is -0.482. The van der Waals surface area contributed by atoms with Gasteiger partial charge in [-0.3, -0.25) is 9.59 Å². The molecule has 0 aliphatic carbocycles. The Labute approximate surface area is 184 Å². The Morgan fingerprint density at radius 2 is 1.70 bits per heavy atom. The Bertz CT molecular complexity index is 1120.